The molecule has 2 atom stereocenters. The molecule has 4 nitrogen and oxygen atoms in total. The second-order valence-electron chi connectivity index (χ2n) is 4.75. The lowest BCUT2D eigenvalue weighted by molar-refractivity contribution is 0.170. The van der Waals surface area contributed by atoms with Gasteiger partial charge in [0.25, 0.3) is 0 Å². The van der Waals surface area contributed by atoms with Gasteiger partial charge in [-0.1, -0.05) is 12.1 Å². The van der Waals surface area contributed by atoms with E-state index in [2.05, 4.69) is 17.2 Å². The number of aryl methyl sites for hydroxylation is 1. The molecule has 0 aliphatic heterocycles. The molecule has 0 amide bonds. The Kier molecular flexibility index (Phi) is 5.11. The number of ether oxygens (including phenoxy) is 1. The predicted octanol–water partition coefficient (Wildman–Crippen LogP) is 2.84. The summed E-state index contributed by atoms with van der Waals surface area (Å²) in [4.78, 5) is 4.44. The topological polar surface area (TPSA) is 54.4 Å². The average molecular weight is 292 g/mol. The molecule has 0 fully saturated rings. The Bertz CT molecular complexity index is 556. The summed E-state index contributed by atoms with van der Waals surface area (Å²) in [6, 6.07) is 7.63. The van der Waals surface area contributed by atoms with Crippen LogP contribution in [0.4, 0.5) is 0 Å². The third-order valence-corrected chi connectivity index (χ3v) is 4.25. The summed E-state index contributed by atoms with van der Waals surface area (Å²) in [7, 11) is 1.62. The molecule has 0 aliphatic rings. The number of hydrogen-bond donors (Lipinski definition) is 2. The normalized spacial score (nSPS) is 14.0. The van der Waals surface area contributed by atoms with Gasteiger partial charge in [-0.3, -0.25) is 0 Å². The highest BCUT2D eigenvalue weighted by atomic mass is 32.1. The molecule has 1 aromatic heterocycles. The van der Waals surface area contributed by atoms with Crippen molar-refractivity contribution in [3.8, 4) is 5.75 Å². The smallest absolute Gasteiger partial charge is 0.119 e. The van der Waals surface area contributed by atoms with Crippen LogP contribution in [0.5, 0.6) is 5.75 Å². The van der Waals surface area contributed by atoms with Gasteiger partial charge in [0.15, 0.2) is 0 Å². The van der Waals surface area contributed by atoms with Crippen molar-refractivity contribution in [1.29, 1.82) is 0 Å². The van der Waals surface area contributed by atoms with Gasteiger partial charge in [0.1, 0.15) is 10.8 Å². The van der Waals surface area contributed by atoms with Crippen molar-refractivity contribution in [2.45, 2.75) is 26.0 Å². The molecule has 2 rings (SSSR count). The number of hydrogen-bond acceptors (Lipinski definition) is 5. The molecule has 1 heterocycles. The van der Waals surface area contributed by atoms with Gasteiger partial charge < -0.3 is 15.2 Å². The van der Waals surface area contributed by atoms with Crippen LogP contribution in [0.2, 0.25) is 0 Å². The zero-order valence-corrected chi connectivity index (χ0v) is 12.8. The Hall–Kier alpha value is -1.43. The molecule has 0 bridgehead atoms. The maximum atomic E-state index is 10.2. The van der Waals surface area contributed by atoms with Crippen LogP contribution in [0.15, 0.2) is 29.6 Å². The second kappa shape index (κ2) is 6.83. The molecule has 0 saturated heterocycles. The van der Waals surface area contributed by atoms with Crippen LogP contribution in [0, 0.1) is 6.92 Å². The van der Waals surface area contributed by atoms with E-state index in [0.717, 1.165) is 22.0 Å². The van der Waals surface area contributed by atoms with Crippen molar-refractivity contribution in [3.05, 3.63) is 45.9 Å². The second-order valence-corrected chi connectivity index (χ2v) is 5.64. The highest BCUT2D eigenvalue weighted by molar-refractivity contribution is 7.09. The summed E-state index contributed by atoms with van der Waals surface area (Å²) < 4.78 is 5.16. The predicted molar refractivity (Wildman–Crippen MR) is 81.2 cm³/mol. The molecular formula is C15H20N2O2S. The Morgan fingerprint density at radius 1 is 1.45 bits per heavy atom. The van der Waals surface area contributed by atoms with Gasteiger partial charge in [-0.2, -0.15) is 0 Å². The fourth-order valence-corrected chi connectivity index (χ4v) is 2.74. The number of aromatic nitrogens is 1. The minimum absolute atomic E-state index is 0.133. The molecule has 20 heavy (non-hydrogen) atoms. The first-order chi connectivity index (χ1) is 9.60. The first-order valence-corrected chi connectivity index (χ1v) is 7.45. The summed E-state index contributed by atoms with van der Waals surface area (Å²) in [5.41, 5.74) is 1.88. The number of aliphatic hydroxyl groups is 1. The molecule has 0 aliphatic carbocycles. The maximum absolute atomic E-state index is 10.2. The fraction of sp³-hybridized carbons (Fsp3) is 0.400. The minimum atomic E-state index is -0.561. The van der Waals surface area contributed by atoms with E-state index in [1.807, 2.05) is 36.6 Å². The van der Waals surface area contributed by atoms with E-state index in [1.54, 1.807) is 18.4 Å². The Morgan fingerprint density at radius 3 is 2.90 bits per heavy atom. The average Bonchev–Trinajstić information content (AvgIpc) is 2.91. The molecule has 0 radical (unpaired) electrons. The summed E-state index contributed by atoms with van der Waals surface area (Å²) in [5, 5.41) is 16.6. The van der Waals surface area contributed by atoms with Crippen molar-refractivity contribution < 1.29 is 9.84 Å². The monoisotopic (exact) mass is 292 g/mol. The van der Waals surface area contributed by atoms with Gasteiger partial charge in [0.2, 0.25) is 0 Å². The highest BCUT2D eigenvalue weighted by Crippen LogP contribution is 2.21. The number of thiazole rings is 1. The maximum Gasteiger partial charge on any atom is 0.119 e. The van der Waals surface area contributed by atoms with Crippen molar-refractivity contribution in [2.24, 2.45) is 0 Å². The lowest BCUT2D eigenvalue weighted by Gasteiger charge is -2.16. The molecule has 108 valence electrons. The van der Waals surface area contributed by atoms with E-state index in [0.29, 0.717) is 6.54 Å². The number of rotatable bonds is 6. The van der Waals surface area contributed by atoms with Crippen molar-refractivity contribution >= 4 is 11.3 Å². The third-order valence-electron chi connectivity index (χ3n) is 3.10. The number of nitrogens with one attached hydrogen (secondary N) is 1. The van der Waals surface area contributed by atoms with Crippen LogP contribution < -0.4 is 10.1 Å². The van der Waals surface area contributed by atoms with E-state index >= 15 is 0 Å². The first-order valence-electron chi connectivity index (χ1n) is 6.57. The van der Waals surface area contributed by atoms with Crippen LogP contribution in [-0.2, 0) is 0 Å². The molecule has 0 spiro atoms. The van der Waals surface area contributed by atoms with E-state index < -0.39 is 6.10 Å². The van der Waals surface area contributed by atoms with Crippen molar-refractivity contribution in [3.63, 3.8) is 0 Å². The van der Waals surface area contributed by atoms with Crippen LogP contribution >= 0.6 is 11.3 Å². The number of aliphatic hydroxyl groups excluding tert-OH is 1. The van der Waals surface area contributed by atoms with Crippen LogP contribution in [-0.4, -0.2) is 23.7 Å². The van der Waals surface area contributed by atoms with Gasteiger partial charge in [-0.15, -0.1) is 11.3 Å². The van der Waals surface area contributed by atoms with E-state index in [9.17, 15) is 5.11 Å². The van der Waals surface area contributed by atoms with E-state index in [-0.39, 0.29) is 6.04 Å². The molecule has 0 saturated carbocycles. The highest BCUT2D eigenvalue weighted by Gasteiger charge is 2.13. The Balaban J connectivity index is 1.92. The zero-order valence-electron chi connectivity index (χ0n) is 12.0. The summed E-state index contributed by atoms with van der Waals surface area (Å²) in [5.74, 6) is 0.755. The molecular weight excluding hydrogens is 272 g/mol. The Morgan fingerprint density at radius 2 is 2.25 bits per heavy atom. The first kappa shape index (κ1) is 15.0. The lowest BCUT2D eigenvalue weighted by atomic mass is 10.1. The van der Waals surface area contributed by atoms with Gasteiger partial charge in [-0.05, 0) is 31.5 Å². The molecule has 5 heteroatoms. The SMILES string of the molecule is COc1cccc(C(O)CNC(C)c2nc(C)cs2)c1. The van der Waals surface area contributed by atoms with Gasteiger partial charge in [0.05, 0.1) is 19.3 Å². The zero-order chi connectivity index (χ0) is 14.5. The number of methoxy groups -OCH3 is 1. The summed E-state index contributed by atoms with van der Waals surface area (Å²) in [6.45, 7) is 4.52. The summed E-state index contributed by atoms with van der Waals surface area (Å²) >= 11 is 1.64. The molecule has 2 N–H and O–H groups in total. The Labute approximate surface area is 123 Å². The molecule has 2 aromatic rings. The quantitative estimate of drug-likeness (QED) is 0.859. The lowest BCUT2D eigenvalue weighted by Crippen LogP contribution is -2.24. The van der Waals surface area contributed by atoms with Gasteiger partial charge >= 0.3 is 0 Å². The largest absolute Gasteiger partial charge is 0.497 e. The standard InChI is InChI=1S/C15H20N2O2S/c1-10-9-20-15(17-10)11(2)16-8-14(18)12-5-4-6-13(7-12)19-3/h4-7,9,11,14,16,18H,8H2,1-3H3. The van der Waals surface area contributed by atoms with Gasteiger partial charge in [0, 0.05) is 17.6 Å². The number of benzene rings is 1. The van der Waals surface area contributed by atoms with Crippen molar-refractivity contribution in [1.82, 2.24) is 10.3 Å². The molecule has 2 unspecified atom stereocenters. The fourth-order valence-electron chi connectivity index (χ4n) is 1.91. The van der Waals surface area contributed by atoms with Crippen LogP contribution in [0.1, 0.15) is 35.3 Å². The number of nitrogens with zero attached hydrogens (tertiary/aromatic N) is 1. The van der Waals surface area contributed by atoms with Crippen LogP contribution in [0.25, 0.3) is 0 Å². The summed E-state index contributed by atoms with van der Waals surface area (Å²) in [6.07, 6.45) is -0.561. The van der Waals surface area contributed by atoms with Gasteiger partial charge in [-0.25, -0.2) is 4.98 Å². The van der Waals surface area contributed by atoms with E-state index in [1.165, 1.54) is 0 Å². The minimum Gasteiger partial charge on any atom is -0.497 e. The molecule has 1 aromatic carbocycles. The third kappa shape index (κ3) is 3.79. The van der Waals surface area contributed by atoms with Crippen molar-refractivity contribution in [2.75, 3.05) is 13.7 Å². The van der Waals surface area contributed by atoms with Crippen LogP contribution in [0.3, 0.4) is 0 Å². The van der Waals surface area contributed by atoms with E-state index in [4.69, 9.17) is 4.74 Å².